The minimum Gasteiger partial charge on any atom is -0.391 e. The molecule has 1 amide bonds. The second-order valence-electron chi connectivity index (χ2n) is 4.30. The van der Waals surface area contributed by atoms with E-state index in [9.17, 15) is 9.90 Å². The number of hydrogen-bond donors (Lipinski definition) is 2. The minimum atomic E-state index is -0.433. The Balaban J connectivity index is 1.88. The van der Waals surface area contributed by atoms with Gasteiger partial charge in [-0.2, -0.15) is 5.26 Å². The zero-order chi connectivity index (χ0) is 12.3. The van der Waals surface area contributed by atoms with E-state index in [2.05, 4.69) is 5.32 Å². The van der Waals surface area contributed by atoms with Crippen molar-refractivity contribution in [1.29, 1.82) is 5.26 Å². The Hall–Kier alpha value is -1.86. The van der Waals surface area contributed by atoms with Crippen LogP contribution in [0.3, 0.4) is 0 Å². The van der Waals surface area contributed by atoms with Gasteiger partial charge in [0, 0.05) is 12.1 Å². The van der Waals surface area contributed by atoms with Crippen LogP contribution in [0.2, 0.25) is 0 Å². The van der Waals surface area contributed by atoms with E-state index < -0.39 is 6.10 Å². The number of carbonyl (C=O) groups excluding carboxylic acids is 1. The van der Waals surface area contributed by atoms with Gasteiger partial charge in [0.05, 0.1) is 17.7 Å². The molecule has 0 aliphatic heterocycles. The number of nitrogens with one attached hydrogen (secondary N) is 1. The Morgan fingerprint density at radius 1 is 1.47 bits per heavy atom. The molecule has 0 radical (unpaired) electrons. The van der Waals surface area contributed by atoms with Crippen molar-refractivity contribution < 1.29 is 9.90 Å². The lowest BCUT2D eigenvalue weighted by molar-refractivity contribution is 0.0901. The first kappa shape index (κ1) is 11.6. The van der Waals surface area contributed by atoms with Gasteiger partial charge in [-0.3, -0.25) is 4.79 Å². The normalized spacial score (nSPS) is 16.0. The zero-order valence-corrected chi connectivity index (χ0v) is 9.39. The van der Waals surface area contributed by atoms with Crippen LogP contribution in [-0.4, -0.2) is 23.7 Å². The highest BCUT2D eigenvalue weighted by molar-refractivity contribution is 5.94. The Labute approximate surface area is 99.9 Å². The first-order valence-corrected chi connectivity index (χ1v) is 5.67. The van der Waals surface area contributed by atoms with Crippen LogP contribution in [0.1, 0.15) is 28.8 Å². The molecule has 1 saturated carbocycles. The lowest BCUT2D eigenvalue weighted by Gasteiger charge is -2.10. The maximum Gasteiger partial charge on any atom is 0.251 e. The molecule has 4 nitrogen and oxygen atoms in total. The molecule has 1 fully saturated rings. The van der Waals surface area contributed by atoms with Crippen LogP contribution in [0, 0.1) is 17.2 Å². The van der Waals surface area contributed by atoms with Gasteiger partial charge in [-0.05, 0) is 43.0 Å². The molecule has 1 aliphatic carbocycles. The zero-order valence-electron chi connectivity index (χ0n) is 9.39. The number of nitriles is 1. The topological polar surface area (TPSA) is 73.1 Å². The molecule has 4 heteroatoms. The average Bonchev–Trinajstić information content (AvgIpc) is 3.20. The smallest absolute Gasteiger partial charge is 0.251 e. The van der Waals surface area contributed by atoms with Crippen LogP contribution in [0.25, 0.3) is 0 Å². The van der Waals surface area contributed by atoms with Gasteiger partial charge in [-0.15, -0.1) is 0 Å². The molecule has 0 saturated heterocycles. The van der Waals surface area contributed by atoms with Crippen molar-refractivity contribution in [3.8, 4) is 6.07 Å². The molecular formula is C13H14N2O2. The SMILES string of the molecule is N#Cc1ccc(C(=O)NCC(O)C2CC2)cc1. The van der Waals surface area contributed by atoms with E-state index in [0.717, 1.165) is 12.8 Å². The maximum absolute atomic E-state index is 11.7. The third-order valence-electron chi connectivity index (χ3n) is 2.91. The predicted octanol–water partition coefficient (Wildman–Crippen LogP) is 1.06. The highest BCUT2D eigenvalue weighted by Gasteiger charge is 2.29. The van der Waals surface area contributed by atoms with Crippen LogP contribution in [-0.2, 0) is 0 Å². The van der Waals surface area contributed by atoms with Gasteiger partial charge in [0.15, 0.2) is 0 Å². The molecule has 1 aromatic rings. The van der Waals surface area contributed by atoms with Crippen LogP contribution in [0.15, 0.2) is 24.3 Å². The molecule has 1 aliphatic rings. The third-order valence-corrected chi connectivity index (χ3v) is 2.91. The van der Waals surface area contributed by atoms with Crippen molar-refractivity contribution in [3.05, 3.63) is 35.4 Å². The number of rotatable bonds is 4. The molecule has 0 bridgehead atoms. The molecule has 0 spiro atoms. The largest absolute Gasteiger partial charge is 0.391 e. The number of aliphatic hydroxyl groups excluding tert-OH is 1. The van der Waals surface area contributed by atoms with E-state index in [1.54, 1.807) is 24.3 Å². The molecule has 1 unspecified atom stereocenters. The summed E-state index contributed by atoms with van der Waals surface area (Å²) in [4.78, 5) is 11.7. The van der Waals surface area contributed by atoms with Crippen molar-refractivity contribution >= 4 is 5.91 Å². The van der Waals surface area contributed by atoms with Crippen molar-refractivity contribution in [1.82, 2.24) is 5.32 Å². The van der Waals surface area contributed by atoms with Crippen LogP contribution in [0.5, 0.6) is 0 Å². The van der Waals surface area contributed by atoms with Crippen LogP contribution in [0.4, 0.5) is 0 Å². The molecule has 2 rings (SSSR count). The monoisotopic (exact) mass is 230 g/mol. The summed E-state index contributed by atoms with van der Waals surface area (Å²) in [6, 6.07) is 8.42. The summed E-state index contributed by atoms with van der Waals surface area (Å²) in [6.45, 7) is 0.295. The molecular weight excluding hydrogens is 216 g/mol. The van der Waals surface area contributed by atoms with E-state index >= 15 is 0 Å². The van der Waals surface area contributed by atoms with Gasteiger partial charge in [-0.25, -0.2) is 0 Å². The number of hydrogen-bond acceptors (Lipinski definition) is 3. The van der Waals surface area contributed by atoms with E-state index in [1.165, 1.54) is 0 Å². The molecule has 1 atom stereocenters. The lowest BCUT2D eigenvalue weighted by atomic mass is 10.1. The van der Waals surface area contributed by atoms with Gasteiger partial charge >= 0.3 is 0 Å². The molecule has 1 aromatic carbocycles. The minimum absolute atomic E-state index is 0.214. The van der Waals surface area contributed by atoms with E-state index in [4.69, 9.17) is 5.26 Å². The highest BCUT2D eigenvalue weighted by atomic mass is 16.3. The fraction of sp³-hybridized carbons (Fsp3) is 0.385. The number of amides is 1. The summed E-state index contributed by atoms with van der Waals surface area (Å²) in [5, 5.41) is 20.9. The Bertz CT molecular complexity index is 443. The summed E-state index contributed by atoms with van der Waals surface area (Å²) in [7, 11) is 0. The lowest BCUT2D eigenvalue weighted by Crippen LogP contribution is -2.33. The third kappa shape index (κ3) is 3.05. The van der Waals surface area contributed by atoms with Crippen LogP contribution >= 0.6 is 0 Å². The van der Waals surface area contributed by atoms with E-state index in [0.29, 0.717) is 23.6 Å². The summed E-state index contributed by atoms with van der Waals surface area (Å²) in [5.74, 6) is 0.144. The summed E-state index contributed by atoms with van der Waals surface area (Å²) in [5.41, 5.74) is 1.03. The molecule has 0 aromatic heterocycles. The molecule has 88 valence electrons. The summed E-state index contributed by atoms with van der Waals surface area (Å²) < 4.78 is 0. The Kier molecular flexibility index (Phi) is 3.40. The number of nitrogens with zero attached hydrogens (tertiary/aromatic N) is 1. The quantitative estimate of drug-likeness (QED) is 0.812. The first-order chi connectivity index (χ1) is 8.20. The van der Waals surface area contributed by atoms with Crippen molar-refractivity contribution in [3.63, 3.8) is 0 Å². The highest BCUT2D eigenvalue weighted by Crippen LogP contribution is 2.32. The first-order valence-electron chi connectivity index (χ1n) is 5.67. The summed E-state index contributed by atoms with van der Waals surface area (Å²) >= 11 is 0. The standard InChI is InChI=1S/C13H14N2O2/c14-7-9-1-3-11(4-2-9)13(17)15-8-12(16)10-5-6-10/h1-4,10,12,16H,5-6,8H2,(H,15,17). The van der Waals surface area contributed by atoms with Gasteiger partial charge < -0.3 is 10.4 Å². The summed E-state index contributed by atoms with van der Waals surface area (Å²) in [6.07, 6.45) is 1.67. The predicted molar refractivity (Wildman–Crippen MR) is 62.2 cm³/mol. The maximum atomic E-state index is 11.7. The van der Waals surface area contributed by atoms with Gasteiger partial charge in [-0.1, -0.05) is 0 Å². The van der Waals surface area contributed by atoms with Crippen LogP contribution < -0.4 is 5.32 Å². The fourth-order valence-corrected chi connectivity index (χ4v) is 1.64. The fourth-order valence-electron chi connectivity index (χ4n) is 1.64. The van der Waals surface area contributed by atoms with E-state index in [1.807, 2.05) is 6.07 Å². The number of benzene rings is 1. The average molecular weight is 230 g/mol. The molecule has 17 heavy (non-hydrogen) atoms. The molecule has 2 N–H and O–H groups in total. The van der Waals surface area contributed by atoms with Crippen molar-refractivity contribution in [2.24, 2.45) is 5.92 Å². The second-order valence-corrected chi connectivity index (χ2v) is 4.30. The van der Waals surface area contributed by atoms with Crippen molar-refractivity contribution in [2.45, 2.75) is 18.9 Å². The van der Waals surface area contributed by atoms with Crippen molar-refractivity contribution in [2.75, 3.05) is 6.54 Å². The second kappa shape index (κ2) is 4.98. The number of aliphatic hydroxyl groups is 1. The number of carbonyl (C=O) groups is 1. The van der Waals surface area contributed by atoms with Gasteiger partial charge in [0.1, 0.15) is 0 Å². The molecule has 0 heterocycles. The Morgan fingerprint density at radius 2 is 2.12 bits per heavy atom. The van der Waals surface area contributed by atoms with Gasteiger partial charge in [0.2, 0.25) is 0 Å². The Morgan fingerprint density at radius 3 is 2.65 bits per heavy atom. The van der Waals surface area contributed by atoms with E-state index in [-0.39, 0.29) is 5.91 Å². The van der Waals surface area contributed by atoms with Gasteiger partial charge in [0.25, 0.3) is 5.91 Å².